The molecule has 0 fully saturated rings. The molecule has 4 aromatic rings. The topological polar surface area (TPSA) is 118 Å². The Kier molecular flexibility index (Phi) is 13.5. The first kappa shape index (κ1) is 39.7. The van der Waals surface area contributed by atoms with E-state index in [4.69, 9.17) is 18.9 Å². The van der Waals surface area contributed by atoms with Crippen LogP contribution in [0.2, 0.25) is 0 Å². The van der Waals surface area contributed by atoms with Gasteiger partial charge in [0.05, 0.1) is 22.3 Å². The first-order valence-corrected chi connectivity index (χ1v) is 17.0. The molecular weight excluding hydrogens is 676 g/mol. The van der Waals surface area contributed by atoms with E-state index in [1.807, 2.05) is 76.0 Å². The second-order valence-electron chi connectivity index (χ2n) is 13.6. The Morgan fingerprint density at radius 1 is 0.358 bits per heavy atom. The molecule has 0 aliphatic carbocycles. The lowest BCUT2D eigenvalue weighted by Crippen LogP contribution is -2.44. The van der Waals surface area contributed by atoms with E-state index >= 15 is 0 Å². The fourth-order valence-electron chi connectivity index (χ4n) is 5.04. The van der Waals surface area contributed by atoms with E-state index in [1.54, 1.807) is 97.1 Å². The molecule has 0 saturated carbocycles. The maximum Gasteiger partial charge on any atom is 0.338 e. The summed E-state index contributed by atoms with van der Waals surface area (Å²) in [6.45, 7) is -1.69. The summed E-state index contributed by atoms with van der Waals surface area (Å²) < 4.78 is 23.2. The van der Waals surface area contributed by atoms with Crippen LogP contribution in [-0.4, -0.2) is 107 Å². The smallest absolute Gasteiger partial charge is 0.338 e. The molecule has 0 N–H and O–H groups in total. The van der Waals surface area contributed by atoms with Crippen molar-refractivity contribution in [3.63, 3.8) is 0 Å². The highest BCUT2D eigenvalue weighted by Crippen LogP contribution is 2.26. The molecular formula is C41H48N4O8. The minimum absolute atomic E-state index is 0.276. The van der Waals surface area contributed by atoms with E-state index in [1.165, 1.54) is 0 Å². The van der Waals surface area contributed by atoms with Gasteiger partial charge in [-0.25, -0.2) is 19.2 Å². The molecule has 0 unspecified atom stereocenters. The quantitative estimate of drug-likeness (QED) is 0.105. The molecule has 4 rings (SSSR count). The van der Waals surface area contributed by atoms with E-state index in [9.17, 15) is 19.2 Å². The molecule has 12 heteroatoms. The minimum atomic E-state index is -1.50. The van der Waals surface area contributed by atoms with Gasteiger partial charge in [-0.15, -0.1) is 0 Å². The van der Waals surface area contributed by atoms with Crippen LogP contribution in [0.25, 0.3) is 0 Å². The number of carbonyl (C=O) groups is 4. The van der Waals surface area contributed by atoms with Crippen LogP contribution < -0.4 is 19.6 Å². The Balaban J connectivity index is 1.64. The summed E-state index contributed by atoms with van der Waals surface area (Å²) in [5.41, 5.74) is 3.15. The van der Waals surface area contributed by atoms with Crippen molar-refractivity contribution in [2.24, 2.45) is 5.41 Å². The van der Waals surface area contributed by atoms with Crippen LogP contribution >= 0.6 is 0 Å². The average Bonchev–Trinajstić information content (AvgIpc) is 3.16. The normalized spacial score (nSPS) is 10.9. The zero-order valence-electron chi connectivity index (χ0n) is 31.6. The summed E-state index contributed by atoms with van der Waals surface area (Å²) in [5.74, 6) is -2.66. The summed E-state index contributed by atoms with van der Waals surface area (Å²) in [6, 6.07) is 27.3. The fraction of sp³-hybridized carbons (Fsp3) is 0.317. The zero-order valence-corrected chi connectivity index (χ0v) is 31.6. The number of carbonyl (C=O) groups excluding carboxylic acids is 4. The van der Waals surface area contributed by atoms with Crippen LogP contribution in [0.1, 0.15) is 41.4 Å². The standard InChI is InChI=1S/C41H48N4O8/c1-42(2)33-17-9-29(10-18-33)37(46)50-25-41(26-51-38(47)30-11-19-34(20-12-30)43(3)4,27-52-39(48)31-13-21-35(22-14-31)44(5)6)28-53-40(49)32-15-23-36(24-16-32)45(7)8/h9-24H,25-28H2,1-8H3. The van der Waals surface area contributed by atoms with Crippen molar-refractivity contribution in [2.45, 2.75) is 0 Å². The monoisotopic (exact) mass is 724 g/mol. The largest absolute Gasteiger partial charge is 0.461 e. The van der Waals surface area contributed by atoms with Crippen molar-refractivity contribution in [3.05, 3.63) is 119 Å². The van der Waals surface area contributed by atoms with Gasteiger partial charge in [0.15, 0.2) is 0 Å². The zero-order chi connectivity index (χ0) is 38.7. The van der Waals surface area contributed by atoms with Gasteiger partial charge >= 0.3 is 23.9 Å². The lowest BCUT2D eigenvalue weighted by atomic mass is 9.92. The van der Waals surface area contributed by atoms with Crippen LogP contribution in [-0.2, 0) is 18.9 Å². The predicted octanol–water partition coefficient (Wildman–Crippen LogP) is 5.66. The number of hydrogen-bond donors (Lipinski definition) is 0. The van der Waals surface area contributed by atoms with Crippen LogP contribution in [0.3, 0.4) is 0 Å². The summed E-state index contributed by atoms with van der Waals surface area (Å²) in [4.78, 5) is 60.9. The molecule has 0 saturated heterocycles. The molecule has 0 amide bonds. The molecule has 0 spiro atoms. The molecule has 12 nitrogen and oxygen atoms in total. The average molecular weight is 725 g/mol. The molecule has 280 valence electrons. The number of ether oxygens (including phenoxy) is 4. The summed E-state index contributed by atoms with van der Waals surface area (Å²) >= 11 is 0. The Morgan fingerprint density at radius 2 is 0.528 bits per heavy atom. The lowest BCUT2D eigenvalue weighted by Gasteiger charge is -2.31. The predicted molar refractivity (Wildman–Crippen MR) is 207 cm³/mol. The van der Waals surface area contributed by atoms with Crippen molar-refractivity contribution in [1.82, 2.24) is 0 Å². The van der Waals surface area contributed by atoms with Gasteiger partial charge in [-0.3, -0.25) is 0 Å². The van der Waals surface area contributed by atoms with E-state index in [0.717, 1.165) is 22.7 Å². The van der Waals surface area contributed by atoms with E-state index < -0.39 is 55.7 Å². The van der Waals surface area contributed by atoms with Gasteiger partial charge in [-0.1, -0.05) is 0 Å². The Bertz CT molecular complexity index is 1560. The van der Waals surface area contributed by atoms with Crippen LogP contribution in [0.4, 0.5) is 22.7 Å². The van der Waals surface area contributed by atoms with Crippen LogP contribution in [0, 0.1) is 5.41 Å². The van der Waals surface area contributed by atoms with E-state index in [-0.39, 0.29) is 22.3 Å². The van der Waals surface area contributed by atoms with Gasteiger partial charge in [-0.2, -0.15) is 0 Å². The van der Waals surface area contributed by atoms with Crippen LogP contribution in [0.15, 0.2) is 97.1 Å². The molecule has 0 aliphatic rings. The number of rotatable bonds is 16. The summed E-state index contributed by atoms with van der Waals surface area (Å²) in [6.07, 6.45) is 0. The molecule has 0 bridgehead atoms. The van der Waals surface area contributed by atoms with Gasteiger partial charge in [0.25, 0.3) is 0 Å². The fourth-order valence-corrected chi connectivity index (χ4v) is 5.04. The molecule has 53 heavy (non-hydrogen) atoms. The second-order valence-corrected chi connectivity index (χ2v) is 13.6. The Labute approximate surface area is 311 Å². The highest BCUT2D eigenvalue weighted by atomic mass is 16.6. The molecule has 0 atom stereocenters. The SMILES string of the molecule is CN(C)c1ccc(C(=O)OCC(COC(=O)c2ccc(N(C)C)cc2)(COC(=O)c2ccc(N(C)C)cc2)COC(=O)c2ccc(N(C)C)cc2)cc1. The first-order chi connectivity index (χ1) is 25.2. The van der Waals surface area contributed by atoms with Gasteiger partial charge in [0.2, 0.25) is 0 Å². The third-order valence-corrected chi connectivity index (χ3v) is 8.52. The van der Waals surface area contributed by atoms with Crippen molar-refractivity contribution in [3.8, 4) is 0 Å². The lowest BCUT2D eigenvalue weighted by molar-refractivity contribution is -0.0641. The molecule has 4 aromatic carbocycles. The highest BCUT2D eigenvalue weighted by molar-refractivity contribution is 5.92. The highest BCUT2D eigenvalue weighted by Gasteiger charge is 2.38. The maximum atomic E-state index is 13.3. The molecule has 0 radical (unpaired) electrons. The first-order valence-electron chi connectivity index (χ1n) is 17.0. The van der Waals surface area contributed by atoms with Crippen LogP contribution in [0.5, 0.6) is 0 Å². The number of nitrogens with zero attached hydrogens (tertiary/aromatic N) is 4. The van der Waals surface area contributed by atoms with Gasteiger partial charge in [-0.05, 0) is 97.1 Å². The van der Waals surface area contributed by atoms with Gasteiger partial charge in [0, 0.05) is 79.1 Å². The minimum Gasteiger partial charge on any atom is -0.461 e. The Hall–Kier alpha value is -6.04. The second kappa shape index (κ2) is 17.9. The van der Waals surface area contributed by atoms with E-state index in [2.05, 4.69) is 0 Å². The number of anilines is 4. The number of hydrogen-bond acceptors (Lipinski definition) is 12. The third kappa shape index (κ3) is 11.0. The van der Waals surface area contributed by atoms with Crippen molar-refractivity contribution >= 4 is 46.6 Å². The summed E-state index contributed by atoms with van der Waals surface area (Å²) in [5, 5.41) is 0. The molecule has 0 heterocycles. The van der Waals surface area contributed by atoms with Crippen molar-refractivity contribution < 1.29 is 38.1 Å². The third-order valence-electron chi connectivity index (χ3n) is 8.52. The van der Waals surface area contributed by atoms with Gasteiger partial charge in [0.1, 0.15) is 31.8 Å². The van der Waals surface area contributed by atoms with E-state index in [0.29, 0.717) is 0 Å². The van der Waals surface area contributed by atoms with Gasteiger partial charge < -0.3 is 38.5 Å². The number of benzene rings is 4. The van der Waals surface area contributed by atoms with Crippen molar-refractivity contribution in [2.75, 3.05) is 102 Å². The number of esters is 4. The summed E-state index contributed by atoms with van der Waals surface area (Å²) in [7, 11) is 15.1. The molecule has 0 aromatic heterocycles. The maximum absolute atomic E-state index is 13.3. The van der Waals surface area contributed by atoms with Crippen molar-refractivity contribution in [1.29, 1.82) is 0 Å². The Morgan fingerprint density at radius 3 is 0.679 bits per heavy atom. The molecule has 0 aliphatic heterocycles.